The van der Waals surface area contributed by atoms with Gasteiger partial charge in [0, 0.05) is 12.1 Å². The molecule has 0 saturated heterocycles. The van der Waals surface area contributed by atoms with E-state index >= 15 is 0 Å². The monoisotopic (exact) mass is 363 g/mol. The Kier molecular flexibility index (Phi) is 5.98. The molecule has 0 aliphatic rings. The van der Waals surface area contributed by atoms with E-state index in [0.717, 1.165) is 4.90 Å². The fourth-order valence-corrected chi connectivity index (χ4v) is 2.62. The fraction of sp³-hybridized carbons (Fsp3) is 0.500. The van der Waals surface area contributed by atoms with Gasteiger partial charge in [-0.3, -0.25) is 0 Å². The molecule has 1 rings (SSSR count). The SMILES string of the molecule is CC(C)(CCc1cc(F)cc(Br)c1O)N(CCO)C(=O)O. The van der Waals surface area contributed by atoms with Crippen molar-refractivity contribution >= 4 is 22.0 Å². The van der Waals surface area contributed by atoms with E-state index in [9.17, 15) is 19.4 Å². The minimum Gasteiger partial charge on any atom is -0.506 e. The van der Waals surface area contributed by atoms with Crippen LogP contribution in [0.4, 0.5) is 9.18 Å². The van der Waals surface area contributed by atoms with Gasteiger partial charge in [-0.2, -0.15) is 0 Å². The minimum absolute atomic E-state index is 0.00115. The molecule has 21 heavy (non-hydrogen) atoms. The van der Waals surface area contributed by atoms with Crippen LogP contribution < -0.4 is 0 Å². The van der Waals surface area contributed by atoms with Crippen molar-refractivity contribution in [1.82, 2.24) is 4.90 Å². The van der Waals surface area contributed by atoms with Crippen molar-refractivity contribution in [2.75, 3.05) is 13.2 Å². The number of phenolic OH excluding ortho intramolecular Hbond substituents is 1. The second-order valence-electron chi connectivity index (χ2n) is 5.37. The van der Waals surface area contributed by atoms with Gasteiger partial charge < -0.3 is 20.2 Å². The second kappa shape index (κ2) is 7.09. The van der Waals surface area contributed by atoms with Gasteiger partial charge in [-0.05, 0) is 60.3 Å². The Hall–Kier alpha value is -1.34. The second-order valence-corrected chi connectivity index (χ2v) is 6.22. The summed E-state index contributed by atoms with van der Waals surface area (Å²) in [4.78, 5) is 12.4. The number of rotatable bonds is 6. The number of aryl methyl sites for hydroxylation is 1. The number of halogens is 2. The highest BCUT2D eigenvalue weighted by Crippen LogP contribution is 2.31. The van der Waals surface area contributed by atoms with Crippen LogP contribution in [-0.2, 0) is 6.42 Å². The van der Waals surface area contributed by atoms with E-state index in [1.54, 1.807) is 13.8 Å². The molecule has 1 aromatic carbocycles. The Morgan fingerprint density at radius 3 is 2.57 bits per heavy atom. The smallest absolute Gasteiger partial charge is 0.407 e. The van der Waals surface area contributed by atoms with Crippen molar-refractivity contribution in [1.29, 1.82) is 0 Å². The van der Waals surface area contributed by atoms with Crippen LogP contribution in [0, 0.1) is 5.82 Å². The standard InChI is InChI=1S/C14H19BrFNO4/c1-14(2,17(5-6-18)13(20)21)4-3-9-7-10(16)8-11(15)12(9)19/h7-8,18-19H,3-6H2,1-2H3,(H,20,21). The average molecular weight is 364 g/mol. The van der Waals surface area contributed by atoms with Crippen molar-refractivity contribution in [3.63, 3.8) is 0 Å². The van der Waals surface area contributed by atoms with Crippen molar-refractivity contribution in [2.45, 2.75) is 32.2 Å². The zero-order valence-electron chi connectivity index (χ0n) is 11.9. The van der Waals surface area contributed by atoms with Gasteiger partial charge in [0.2, 0.25) is 0 Å². The number of phenols is 1. The van der Waals surface area contributed by atoms with E-state index in [2.05, 4.69) is 15.9 Å². The van der Waals surface area contributed by atoms with Crippen molar-refractivity contribution in [2.24, 2.45) is 0 Å². The van der Waals surface area contributed by atoms with Gasteiger partial charge in [0.1, 0.15) is 11.6 Å². The lowest BCUT2D eigenvalue weighted by Crippen LogP contribution is -2.48. The number of hydrogen-bond donors (Lipinski definition) is 3. The first-order chi connectivity index (χ1) is 9.69. The first kappa shape index (κ1) is 17.7. The number of aromatic hydroxyl groups is 1. The maximum absolute atomic E-state index is 13.4. The molecular weight excluding hydrogens is 345 g/mol. The fourth-order valence-electron chi connectivity index (χ4n) is 2.14. The molecule has 5 nitrogen and oxygen atoms in total. The third kappa shape index (κ3) is 4.57. The van der Waals surface area contributed by atoms with Gasteiger partial charge in [0.15, 0.2) is 0 Å². The number of aliphatic hydroxyl groups is 1. The Labute approximate surface area is 131 Å². The molecule has 1 aromatic rings. The van der Waals surface area contributed by atoms with Gasteiger partial charge in [0.25, 0.3) is 0 Å². The predicted molar refractivity (Wildman–Crippen MR) is 80.0 cm³/mol. The normalized spacial score (nSPS) is 11.5. The third-order valence-corrected chi connectivity index (χ3v) is 4.00. The zero-order chi connectivity index (χ0) is 16.2. The molecule has 118 valence electrons. The molecular formula is C14H19BrFNO4. The van der Waals surface area contributed by atoms with Gasteiger partial charge in [0.05, 0.1) is 11.1 Å². The van der Waals surface area contributed by atoms with E-state index < -0.39 is 17.4 Å². The highest BCUT2D eigenvalue weighted by molar-refractivity contribution is 9.10. The molecule has 0 heterocycles. The molecule has 0 fully saturated rings. The molecule has 3 N–H and O–H groups in total. The van der Waals surface area contributed by atoms with Crippen molar-refractivity contribution in [3.8, 4) is 5.75 Å². The highest BCUT2D eigenvalue weighted by atomic mass is 79.9. The number of β-amino-alcohol motifs (C(OH)–C–C–N with tert-alkyl or cyclic N) is 1. The van der Waals surface area contributed by atoms with Gasteiger partial charge in [-0.25, -0.2) is 9.18 Å². The number of hydrogen-bond acceptors (Lipinski definition) is 3. The van der Waals surface area contributed by atoms with Crippen LogP contribution >= 0.6 is 15.9 Å². The lowest BCUT2D eigenvalue weighted by Gasteiger charge is -2.36. The zero-order valence-corrected chi connectivity index (χ0v) is 13.5. The maximum atomic E-state index is 13.4. The summed E-state index contributed by atoms with van der Waals surface area (Å²) in [7, 11) is 0. The Balaban J connectivity index is 2.88. The largest absolute Gasteiger partial charge is 0.506 e. The summed E-state index contributed by atoms with van der Waals surface area (Å²) < 4.78 is 13.6. The molecule has 0 radical (unpaired) electrons. The van der Waals surface area contributed by atoms with Crippen LogP contribution in [0.5, 0.6) is 5.75 Å². The van der Waals surface area contributed by atoms with Crippen LogP contribution in [0.2, 0.25) is 0 Å². The van der Waals surface area contributed by atoms with Gasteiger partial charge >= 0.3 is 6.09 Å². The average Bonchev–Trinajstić information content (AvgIpc) is 2.38. The topological polar surface area (TPSA) is 81.0 Å². The molecule has 0 spiro atoms. The van der Waals surface area contributed by atoms with Gasteiger partial charge in [-0.15, -0.1) is 0 Å². The van der Waals surface area contributed by atoms with E-state index in [-0.39, 0.29) is 23.4 Å². The maximum Gasteiger partial charge on any atom is 0.407 e. The first-order valence-corrected chi connectivity index (χ1v) is 7.26. The minimum atomic E-state index is -1.13. The highest BCUT2D eigenvalue weighted by Gasteiger charge is 2.30. The van der Waals surface area contributed by atoms with Crippen LogP contribution in [0.1, 0.15) is 25.8 Å². The molecule has 7 heteroatoms. The molecule has 0 unspecified atom stereocenters. The summed E-state index contributed by atoms with van der Waals surface area (Å²) in [5.41, 5.74) is -0.343. The summed E-state index contributed by atoms with van der Waals surface area (Å²) in [6, 6.07) is 2.40. The molecule has 0 aromatic heterocycles. The quantitative estimate of drug-likeness (QED) is 0.725. The Morgan fingerprint density at radius 1 is 1.43 bits per heavy atom. The molecule has 0 aliphatic heterocycles. The Bertz CT molecular complexity index is 522. The van der Waals surface area contributed by atoms with Crippen molar-refractivity contribution < 1.29 is 24.5 Å². The number of nitrogens with zero attached hydrogens (tertiary/aromatic N) is 1. The van der Waals surface area contributed by atoms with Gasteiger partial charge in [-0.1, -0.05) is 0 Å². The summed E-state index contributed by atoms with van der Waals surface area (Å²) in [6.07, 6.45) is -0.439. The van der Waals surface area contributed by atoms with Crippen LogP contribution in [0.25, 0.3) is 0 Å². The summed E-state index contributed by atoms with van der Waals surface area (Å²) in [5, 5.41) is 28.0. The third-order valence-electron chi connectivity index (χ3n) is 3.40. The lowest BCUT2D eigenvalue weighted by atomic mass is 9.93. The van der Waals surface area contributed by atoms with Crippen molar-refractivity contribution in [3.05, 3.63) is 28.0 Å². The predicted octanol–water partition coefficient (Wildman–Crippen LogP) is 2.98. The lowest BCUT2D eigenvalue weighted by molar-refractivity contribution is 0.0740. The molecule has 0 saturated carbocycles. The molecule has 0 atom stereocenters. The number of benzene rings is 1. The van der Waals surface area contributed by atoms with E-state index in [4.69, 9.17) is 5.11 Å². The molecule has 0 bridgehead atoms. The summed E-state index contributed by atoms with van der Waals surface area (Å²) >= 11 is 3.07. The molecule has 1 amide bonds. The van der Waals surface area contributed by atoms with E-state index in [0.29, 0.717) is 18.4 Å². The van der Waals surface area contributed by atoms with Crippen LogP contribution in [0.15, 0.2) is 16.6 Å². The number of aliphatic hydroxyl groups excluding tert-OH is 1. The molecule has 0 aliphatic carbocycles. The van der Waals surface area contributed by atoms with E-state index in [1.165, 1.54) is 12.1 Å². The Morgan fingerprint density at radius 2 is 2.05 bits per heavy atom. The van der Waals surface area contributed by atoms with Crippen LogP contribution in [-0.4, -0.2) is 45.0 Å². The number of amides is 1. The number of carbonyl (C=O) groups is 1. The van der Waals surface area contributed by atoms with Crippen LogP contribution in [0.3, 0.4) is 0 Å². The summed E-state index contributed by atoms with van der Waals surface area (Å²) in [6.45, 7) is 3.18. The summed E-state index contributed by atoms with van der Waals surface area (Å²) in [5.74, 6) is -0.519. The van der Waals surface area contributed by atoms with E-state index in [1.807, 2.05) is 0 Å². The number of carboxylic acid groups (broad SMARTS) is 1. The first-order valence-electron chi connectivity index (χ1n) is 6.47.